The van der Waals surface area contributed by atoms with Crippen molar-refractivity contribution in [3.8, 4) is 0 Å². The zero-order valence-corrected chi connectivity index (χ0v) is 7.23. The van der Waals surface area contributed by atoms with Gasteiger partial charge in [-0.3, -0.25) is 0 Å². The highest BCUT2D eigenvalue weighted by molar-refractivity contribution is 8.77. The van der Waals surface area contributed by atoms with Gasteiger partial charge in [0.1, 0.15) is 0 Å². The Bertz CT molecular complexity index is 88.5. The van der Waals surface area contributed by atoms with Crippen LogP contribution in [0.15, 0.2) is 0 Å². The van der Waals surface area contributed by atoms with Crippen LogP contribution in [0.2, 0.25) is 0 Å². The molecule has 0 aromatic heterocycles. The molecule has 1 rings (SSSR count). The highest BCUT2D eigenvalue weighted by atomic mass is 33.1. The molecule has 1 saturated heterocycles. The first-order valence-corrected chi connectivity index (χ1v) is 5.25. The molecule has 0 N–H and O–H groups in total. The Hall–Kier alpha value is 0.700. The first kappa shape index (κ1) is 6.81. The summed E-state index contributed by atoms with van der Waals surface area (Å²) >= 11 is 0. The van der Waals surface area contributed by atoms with E-state index in [9.17, 15) is 0 Å². The van der Waals surface area contributed by atoms with Gasteiger partial charge in [-0.05, 0) is 19.8 Å². The van der Waals surface area contributed by atoms with E-state index in [0.717, 1.165) is 5.92 Å². The summed E-state index contributed by atoms with van der Waals surface area (Å²) in [6.45, 7) is 6.97. The lowest BCUT2D eigenvalue weighted by Crippen LogP contribution is -2.20. The molecule has 0 amide bonds. The maximum Gasteiger partial charge on any atom is 0.0241 e. The van der Waals surface area contributed by atoms with Crippen LogP contribution < -0.4 is 0 Å². The summed E-state index contributed by atoms with van der Waals surface area (Å²) in [6, 6.07) is 0. The van der Waals surface area contributed by atoms with Crippen molar-refractivity contribution in [2.24, 2.45) is 5.92 Å². The summed E-state index contributed by atoms with van der Waals surface area (Å²) in [5.41, 5.74) is 0. The van der Waals surface area contributed by atoms with Gasteiger partial charge in [-0.2, -0.15) is 0 Å². The number of hydrogen-bond acceptors (Lipinski definition) is 2. The van der Waals surface area contributed by atoms with Crippen LogP contribution in [0, 0.1) is 5.92 Å². The van der Waals surface area contributed by atoms with E-state index < -0.39 is 0 Å². The molecule has 1 heterocycles. The van der Waals surface area contributed by atoms with Crippen LogP contribution in [-0.4, -0.2) is 10.5 Å². The summed E-state index contributed by atoms with van der Waals surface area (Å²) < 4.78 is 0.532. The second-order valence-corrected chi connectivity index (χ2v) is 5.87. The monoisotopic (exact) mass is 148 g/mol. The summed E-state index contributed by atoms with van der Waals surface area (Å²) in [5, 5.41) is 0. The van der Waals surface area contributed by atoms with Crippen molar-refractivity contribution in [3.05, 3.63) is 0 Å². The van der Waals surface area contributed by atoms with E-state index in [1.807, 2.05) is 21.6 Å². The van der Waals surface area contributed by atoms with Crippen LogP contribution in [0.1, 0.15) is 20.8 Å². The van der Waals surface area contributed by atoms with E-state index in [4.69, 9.17) is 0 Å². The van der Waals surface area contributed by atoms with Crippen LogP contribution in [0.25, 0.3) is 0 Å². The van der Waals surface area contributed by atoms with Crippen molar-refractivity contribution in [1.82, 2.24) is 0 Å². The average molecular weight is 148 g/mol. The van der Waals surface area contributed by atoms with Gasteiger partial charge in [0.05, 0.1) is 0 Å². The summed E-state index contributed by atoms with van der Waals surface area (Å²) in [6.07, 6.45) is 0. The van der Waals surface area contributed by atoms with Crippen molar-refractivity contribution >= 4 is 21.6 Å². The standard InChI is InChI=1S/C6H12S2/c1-5-4-7-8-6(5,2)3/h5H,4H2,1-3H3. The Balaban J connectivity index is 2.54. The van der Waals surface area contributed by atoms with E-state index in [0.29, 0.717) is 4.75 Å². The predicted molar refractivity (Wildman–Crippen MR) is 43.3 cm³/mol. The van der Waals surface area contributed by atoms with Gasteiger partial charge in [0.15, 0.2) is 0 Å². The molecule has 0 radical (unpaired) electrons. The van der Waals surface area contributed by atoms with Crippen LogP contribution >= 0.6 is 21.6 Å². The van der Waals surface area contributed by atoms with E-state index >= 15 is 0 Å². The third-order valence-corrected chi connectivity index (χ3v) is 5.41. The van der Waals surface area contributed by atoms with Gasteiger partial charge >= 0.3 is 0 Å². The van der Waals surface area contributed by atoms with Gasteiger partial charge in [-0.15, -0.1) is 0 Å². The molecule has 2 heteroatoms. The molecule has 0 aliphatic carbocycles. The minimum absolute atomic E-state index is 0.532. The maximum absolute atomic E-state index is 2.33. The number of rotatable bonds is 0. The molecule has 0 aromatic carbocycles. The van der Waals surface area contributed by atoms with Gasteiger partial charge in [0.25, 0.3) is 0 Å². The van der Waals surface area contributed by atoms with Crippen molar-refractivity contribution in [1.29, 1.82) is 0 Å². The second-order valence-electron chi connectivity index (χ2n) is 2.87. The zero-order chi connectivity index (χ0) is 6.20. The van der Waals surface area contributed by atoms with E-state index in [-0.39, 0.29) is 0 Å². The second kappa shape index (κ2) is 2.14. The van der Waals surface area contributed by atoms with Crippen LogP contribution in [-0.2, 0) is 0 Å². The summed E-state index contributed by atoms with van der Waals surface area (Å²) in [5.74, 6) is 2.22. The smallest absolute Gasteiger partial charge is 0.0241 e. The lowest BCUT2D eigenvalue weighted by Gasteiger charge is -2.19. The molecule has 48 valence electrons. The van der Waals surface area contributed by atoms with Gasteiger partial charge in [-0.25, -0.2) is 0 Å². The molecule has 0 bridgehead atoms. The highest BCUT2D eigenvalue weighted by Gasteiger charge is 2.32. The molecular weight excluding hydrogens is 136 g/mol. The fourth-order valence-corrected chi connectivity index (χ4v) is 4.14. The lowest BCUT2D eigenvalue weighted by molar-refractivity contribution is 0.522. The van der Waals surface area contributed by atoms with Crippen LogP contribution in [0.4, 0.5) is 0 Å². The molecule has 1 fully saturated rings. The van der Waals surface area contributed by atoms with Crippen LogP contribution in [0.5, 0.6) is 0 Å². The normalized spacial score (nSPS) is 35.6. The van der Waals surface area contributed by atoms with Crippen molar-refractivity contribution in [2.45, 2.75) is 25.5 Å². The summed E-state index contributed by atoms with van der Waals surface area (Å²) in [4.78, 5) is 0. The van der Waals surface area contributed by atoms with Crippen molar-refractivity contribution < 1.29 is 0 Å². The van der Waals surface area contributed by atoms with E-state index in [1.165, 1.54) is 5.75 Å². The molecule has 1 atom stereocenters. The SMILES string of the molecule is CC1CSSC1(C)C. The van der Waals surface area contributed by atoms with Crippen LogP contribution in [0.3, 0.4) is 0 Å². The molecule has 0 nitrogen and oxygen atoms in total. The van der Waals surface area contributed by atoms with E-state index in [1.54, 1.807) is 0 Å². The Morgan fingerprint density at radius 1 is 1.50 bits per heavy atom. The highest BCUT2D eigenvalue weighted by Crippen LogP contribution is 2.49. The van der Waals surface area contributed by atoms with Crippen molar-refractivity contribution in [3.63, 3.8) is 0 Å². The maximum atomic E-state index is 2.33. The van der Waals surface area contributed by atoms with Gasteiger partial charge < -0.3 is 0 Å². The third-order valence-electron chi connectivity index (χ3n) is 1.78. The largest absolute Gasteiger partial charge is 0.0933 e. The van der Waals surface area contributed by atoms with Gasteiger partial charge in [-0.1, -0.05) is 28.5 Å². The molecule has 0 saturated carbocycles. The molecule has 1 unspecified atom stereocenters. The fourth-order valence-electron chi connectivity index (χ4n) is 0.571. The topological polar surface area (TPSA) is 0 Å². The quantitative estimate of drug-likeness (QED) is 0.484. The summed E-state index contributed by atoms with van der Waals surface area (Å²) in [7, 11) is 4.03. The molecular formula is C6H12S2. The molecule has 1 aliphatic heterocycles. The predicted octanol–water partition coefficient (Wildman–Crippen LogP) is 2.80. The Labute approximate surface area is 59.2 Å². The zero-order valence-electron chi connectivity index (χ0n) is 5.60. The Morgan fingerprint density at radius 2 is 2.12 bits per heavy atom. The van der Waals surface area contributed by atoms with E-state index in [2.05, 4.69) is 20.8 Å². The Morgan fingerprint density at radius 3 is 2.25 bits per heavy atom. The van der Waals surface area contributed by atoms with Gasteiger partial charge in [0.2, 0.25) is 0 Å². The molecule has 8 heavy (non-hydrogen) atoms. The van der Waals surface area contributed by atoms with Gasteiger partial charge in [0, 0.05) is 10.5 Å². The molecule has 1 aliphatic rings. The fraction of sp³-hybridized carbons (Fsp3) is 1.00. The molecule has 0 aromatic rings. The Kier molecular flexibility index (Phi) is 1.83. The average Bonchev–Trinajstić information content (AvgIpc) is 1.86. The minimum Gasteiger partial charge on any atom is -0.0933 e. The van der Waals surface area contributed by atoms with Crippen molar-refractivity contribution in [2.75, 3.05) is 5.75 Å². The first-order chi connectivity index (χ1) is 3.63. The minimum atomic E-state index is 0.532. The first-order valence-electron chi connectivity index (χ1n) is 2.93. The lowest BCUT2D eigenvalue weighted by atomic mass is 9.99. The molecule has 0 spiro atoms. The number of hydrogen-bond donors (Lipinski definition) is 0. The third kappa shape index (κ3) is 1.16.